The van der Waals surface area contributed by atoms with E-state index in [0.717, 1.165) is 0 Å². The quantitative estimate of drug-likeness (QED) is 0.433. The zero-order valence-corrected chi connectivity index (χ0v) is 5.11. The minimum atomic E-state index is -0.250. The Kier molecular flexibility index (Phi) is 55.3. The van der Waals surface area contributed by atoms with E-state index in [-0.39, 0.29) is 74.8 Å². The summed E-state index contributed by atoms with van der Waals surface area (Å²) in [6, 6.07) is 0. The maximum atomic E-state index is 8.36. The molecule has 0 bridgehead atoms. The topological polar surface area (TPSA) is 37.3 Å². The Morgan fingerprint density at radius 3 is 1.60 bits per heavy atom. The van der Waals surface area contributed by atoms with Gasteiger partial charge in [-0.1, -0.05) is 0 Å². The van der Waals surface area contributed by atoms with E-state index in [1.54, 1.807) is 0 Å². The van der Waals surface area contributed by atoms with Gasteiger partial charge in [0.2, 0.25) is 0 Å². The number of carbonyl (C=O) groups is 1. The molecule has 0 unspecified atom stereocenters. The first-order valence-corrected chi connectivity index (χ1v) is 0.494. The van der Waals surface area contributed by atoms with Crippen molar-refractivity contribution in [2.24, 2.45) is 0 Å². The molecule has 0 saturated carbocycles. The Morgan fingerprint density at radius 2 is 1.60 bits per heavy atom. The van der Waals surface area contributed by atoms with Crippen LogP contribution in [0.1, 0.15) is 0 Å². The van der Waals surface area contributed by atoms with E-state index < -0.39 is 0 Å². The summed E-state index contributed by atoms with van der Waals surface area (Å²) < 4.78 is 0. The van der Waals surface area contributed by atoms with Gasteiger partial charge in [0.15, 0.2) is 0 Å². The van der Waals surface area contributed by atoms with Gasteiger partial charge in [-0.25, -0.2) is 0 Å². The van der Waals surface area contributed by atoms with Crippen LogP contribution in [0.25, 0.3) is 0 Å². The van der Waals surface area contributed by atoms with Crippen molar-refractivity contribution >= 4 is 55.4 Å². The maximum absolute atomic E-state index is 8.36. The smallest absolute Gasteiger partial charge is 0 e. The molecule has 0 rings (SSSR count). The first-order chi connectivity index (χ1) is 1.41. The summed E-state index contributed by atoms with van der Waals surface area (Å²) in [6.07, 6.45) is 0. The molecule has 0 amide bonds. The van der Waals surface area contributed by atoms with Gasteiger partial charge in [0, 0.05) is 19.5 Å². The average Bonchev–Trinajstić information content (AvgIpc) is 0.918. The summed E-state index contributed by atoms with van der Waals surface area (Å²) in [6.45, 7) is -0.250. The molecule has 0 aliphatic heterocycles. The fraction of sp³-hybridized carbons (Fsp3) is 0. The molecule has 0 aliphatic rings. The average molecular weight is 251 g/mol. The van der Waals surface area contributed by atoms with E-state index in [2.05, 4.69) is 0 Å². The van der Waals surface area contributed by atoms with Crippen molar-refractivity contribution in [3.8, 4) is 0 Å². The van der Waals surface area contributed by atoms with Gasteiger partial charge in [-0.05, 0) is 0 Å². The third kappa shape index (κ3) is 27.5. The Bertz CT molecular complexity index is 17.1. The van der Waals surface area contributed by atoms with Crippen LogP contribution in [0.5, 0.6) is 0 Å². The van der Waals surface area contributed by atoms with E-state index in [0.29, 0.717) is 0 Å². The minimum absolute atomic E-state index is 0. The Labute approximate surface area is 83.2 Å². The van der Waals surface area contributed by atoms with Gasteiger partial charge in [0.25, 0.3) is 6.47 Å². The van der Waals surface area contributed by atoms with E-state index in [1.807, 2.05) is 0 Å². The van der Waals surface area contributed by atoms with Gasteiger partial charge in [-0.15, -0.1) is 0 Å². The number of carboxylic acid groups (broad SMARTS) is 1. The van der Waals surface area contributed by atoms with Gasteiger partial charge in [-0.3, -0.25) is 4.79 Å². The Balaban J connectivity index is -0.0000000200. The maximum Gasteiger partial charge on any atom is 0 e. The van der Waals surface area contributed by atoms with E-state index in [1.165, 1.54) is 0 Å². The van der Waals surface area contributed by atoms with E-state index in [4.69, 9.17) is 9.90 Å². The van der Waals surface area contributed by atoms with Crippen molar-refractivity contribution in [2.45, 2.75) is 0 Å². The second-order valence-corrected chi connectivity index (χ2v) is 0.105. The van der Waals surface area contributed by atoms with Crippen LogP contribution in [0.15, 0.2) is 0 Å². The van der Waals surface area contributed by atoms with Crippen molar-refractivity contribution in [1.82, 2.24) is 0 Å². The molecule has 2 nitrogen and oxygen atoms in total. The second-order valence-electron chi connectivity index (χ2n) is 0.105. The molecule has 0 fully saturated rings. The summed E-state index contributed by atoms with van der Waals surface area (Å²) in [5.41, 5.74) is 0. The van der Waals surface area contributed by atoms with Gasteiger partial charge >= 0.3 is 48.9 Å². The van der Waals surface area contributed by atoms with Crippen molar-refractivity contribution in [3.05, 3.63) is 0 Å². The summed E-state index contributed by atoms with van der Waals surface area (Å²) in [5, 5.41) is 6.89. The van der Waals surface area contributed by atoms with Crippen LogP contribution in [0.3, 0.4) is 0 Å². The fourth-order valence-electron chi connectivity index (χ4n) is 0. The van der Waals surface area contributed by atoms with Crippen LogP contribution >= 0.6 is 0 Å². The standard InChI is InChI=1S/CH2O2.Ba.Zn.2H/c2-1-3;;;;/h1H,(H,2,3);;;;. The van der Waals surface area contributed by atoms with Crippen LogP contribution < -0.4 is 0 Å². The van der Waals surface area contributed by atoms with Crippen molar-refractivity contribution in [3.63, 3.8) is 0 Å². The molecular formula is CH4BaO2Zn. The molecule has 0 heterocycles. The van der Waals surface area contributed by atoms with Gasteiger partial charge in [-0.2, -0.15) is 0 Å². The van der Waals surface area contributed by atoms with Crippen LogP contribution in [0, 0.1) is 0 Å². The normalized spacial score (nSPS) is 2.40. The minimum Gasteiger partial charge on any atom is 0 e. The van der Waals surface area contributed by atoms with Gasteiger partial charge in [0.05, 0.1) is 0 Å². The third-order valence-corrected chi connectivity index (χ3v) is 0. The van der Waals surface area contributed by atoms with Crippen molar-refractivity contribution in [1.29, 1.82) is 0 Å². The van der Waals surface area contributed by atoms with Crippen LogP contribution in [-0.4, -0.2) is 60.5 Å². The summed E-state index contributed by atoms with van der Waals surface area (Å²) in [7, 11) is 0. The summed E-state index contributed by atoms with van der Waals surface area (Å²) >= 11 is 0. The molecule has 24 valence electrons. The molecule has 0 aromatic rings. The van der Waals surface area contributed by atoms with Gasteiger partial charge < -0.3 is 5.11 Å². The molecule has 0 saturated heterocycles. The largest absolute Gasteiger partial charge is 0 e. The molecule has 0 aromatic heterocycles. The first-order valence-electron chi connectivity index (χ1n) is 0.494. The van der Waals surface area contributed by atoms with Crippen molar-refractivity contribution in [2.75, 3.05) is 0 Å². The molecule has 5 heavy (non-hydrogen) atoms. The molecule has 0 aliphatic carbocycles. The fourth-order valence-corrected chi connectivity index (χ4v) is 0. The van der Waals surface area contributed by atoms with Crippen LogP contribution in [0.4, 0.5) is 0 Å². The number of hydrogen-bond acceptors (Lipinski definition) is 1. The zero-order chi connectivity index (χ0) is 2.71. The first kappa shape index (κ1) is 15.9. The third-order valence-electron chi connectivity index (χ3n) is 0. The van der Waals surface area contributed by atoms with Crippen LogP contribution in [0.2, 0.25) is 0 Å². The van der Waals surface area contributed by atoms with E-state index >= 15 is 0 Å². The summed E-state index contributed by atoms with van der Waals surface area (Å²) in [5.74, 6) is 0. The second kappa shape index (κ2) is 17.4. The molecule has 0 spiro atoms. The monoisotopic (exact) mass is 250 g/mol. The SMILES string of the molecule is O=CO.[BaH2].[Zn]. The Morgan fingerprint density at radius 1 is 1.60 bits per heavy atom. The predicted octanol–water partition coefficient (Wildman–Crippen LogP) is -1.22. The van der Waals surface area contributed by atoms with Crippen LogP contribution in [-0.2, 0) is 24.3 Å². The number of rotatable bonds is 0. The zero-order valence-electron chi connectivity index (χ0n) is 2.14. The molecule has 0 aromatic carbocycles. The molecule has 0 atom stereocenters. The van der Waals surface area contributed by atoms with E-state index in [9.17, 15) is 0 Å². The predicted molar refractivity (Wildman–Crippen MR) is 17.2 cm³/mol. The Hall–Kier alpha value is 1.66. The molecular weight excluding hydrogens is 247 g/mol. The molecule has 1 N–H and O–H groups in total. The van der Waals surface area contributed by atoms with Gasteiger partial charge in [0.1, 0.15) is 0 Å². The molecule has 0 radical (unpaired) electrons. The number of hydrogen-bond donors (Lipinski definition) is 1. The van der Waals surface area contributed by atoms with Crippen molar-refractivity contribution < 1.29 is 29.4 Å². The molecule has 4 heteroatoms. The summed E-state index contributed by atoms with van der Waals surface area (Å²) in [4.78, 5) is 8.36.